The van der Waals surface area contributed by atoms with Gasteiger partial charge in [-0.25, -0.2) is 0 Å². The number of rotatable bonds is 3. The van der Waals surface area contributed by atoms with E-state index >= 15 is 0 Å². The van der Waals surface area contributed by atoms with Gasteiger partial charge in [-0.1, -0.05) is 30.4 Å². The van der Waals surface area contributed by atoms with E-state index in [2.05, 4.69) is 58.4 Å². The molecule has 0 saturated carbocycles. The summed E-state index contributed by atoms with van der Waals surface area (Å²) < 4.78 is 0. The zero-order valence-corrected chi connectivity index (χ0v) is 18.2. The van der Waals surface area contributed by atoms with Gasteiger partial charge in [0.2, 0.25) is 0 Å². The van der Waals surface area contributed by atoms with Crippen LogP contribution in [0.4, 0.5) is 0 Å². The van der Waals surface area contributed by atoms with Crippen LogP contribution < -0.4 is 21.7 Å². The molecule has 31 heavy (non-hydrogen) atoms. The van der Waals surface area contributed by atoms with Crippen LogP contribution in [-0.2, 0) is 0 Å². The van der Waals surface area contributed by atoms with Gasteiger partial charge in [0.05, 0.1) is 23.4 Å². The van der Waals surface area contributed by atoms with Crippen LogP contribution in [0.15, 0.2) is 65.5 Å². The van der Waals surface area contributed by atoms with Crippen molar-refractivity contribution < 1.29 is 0 Å². The third-order valence-corrected chi connectivity index (χ3v) is 6.04. The third-order valence-electron chi connectivity index (χ3n) is 6.04. The maximum Gasteiger partial charge on any atom is 0.0992 e. The molecule has 0 bridgehead atoms. The second-order valence-corrected chi connectivity index (χ2v) is 8.31. The first-order valence-corrected chi connectivity index (χ1v) is 11.2. The molecule has 0 saturated heterocycles. The van der Waals surface area contributed by atoms with Gasteiger partial charge in [-0.15, -0.1) is 0 Å². The maximum atomic E-state index is 9.44. The van der Waals surface area contributed by atoms with Crippen molar-refractivity contribution in [1.82, 2.24) is 16.0 Å². The van der Waals surface area contributed by atoms with E-state index in [0.717, 1.165) is 68.0 Å². The van der Waals surface area contributed by atoms with Crippen LogP contribution in [0.3, 0.4) is 0 Å². The molecule has 0 fully saturated rings. The number of nitrogens with two attached hydrogens (primary N) is 1. The van der Waals surface area contributed by atoms with Crippen LogP contribution in [0, 0.1) is 11.3 Å². The van der Waals surface area contributed by atoms with Gasteiger partial charge in [0, 0.05) is 30.0 Å². The Morgan fingerprint density at radius 1 is 1.23 bits per heavy atom. The first kappa shape index (κ1) is 21.0. The van der Waals surface area contributed by atoms with E-state index in [1.165, 1.54) is 16.7 Å². The Bertz CT molecular complexity index is 1030. The van der Waals surface area contributed by atoms with Crippen LogP contribution in [0.2, 0.25) is 0 Å². The zero-order valence-electron chi connectivity index (χ0n) is 18.2. The Balaban J connectivity index is 1.74. The Labute approximate surface area is 185 Å². The molecule has 160 valence electrons. The Morgan fingerprint density at radius 3 is 2.90 bits per heavy atom. The molecule has 1 aromatic carbocycles. The number of nitrogens with zero attached hydrogens (tertiary/aromatic N) is 1. The molecule has 1 atom stereocenters. The number of fused-ring (bicyclic) bond motifs is 1. The molecule has 5 N–H and O–H groups in total. The van der Waals surface area contributed by atoms with Gasteiger partial charge in [-0.3, -0.25) is 0 Å². The van der Waals surface area contributed by atoms with E-state index in [0.29, 0.717) is 5.57 Å². The van der Waals surface area contributed by atoms with Crippen molar-refractivity contribution in [2.24, 2.45) is 5.73 Å². The molecule has 0 aromatic heterocycles. The highest BCUT2D eigenvalue weighted by molar-refractivity contribution is 5.74. The van der Waals surface area contributed by atoms with E-state index in [1.54, 1.807) is 0 Å². The van der Waals surface area contributed by atoms with Crippen LogP contribution in [-0.4, -0.2) is 19.6 Å². The fraction of sp³-hybridized carbons (Fsp3) is 0.346. The minimum absolute atomic E-state index is 0.132. The lowest BCUT2D eigenvalue weighted by Gasteiger charge is -2.23. The van der Waals surface area contributed by atoms with Gasteiger partial charge in [0.15, 0.2) is 0 Å². The molecular formula is C26H31N5. The Hall–Kier alpha value is -3.23. The van der Waals surface area contributed by atoms with E-state index in [1.807, 2.05) is 19.1 Å². The van der Waals surface area contributed by atoms with Gasteiger partial charge in [-0.05, 0) is 74.1 Å². The summed E-state index contributed by atoms with van der Waals surface area (Å²) in [4.78, 5) is 0. The lowest BCUT2D eigenvalue weighted by atomic mass is 9.91. The van der Waals surface area contributed by atoms with Crippen molar-refractivity contribution in [2.45, 2.75) is 38.6 Å². The summed E-state index contributed by atoms with van der Waals surface area (Å²) in [5.41, 5.74) is 14.9. The molecule has 4 rings (SSSR count). The van der Waals surface area contributed by atoms with Crippen molar-refractivity contribution >= 4 is 11.3 Å². The largest absolute Gasteiger partial charge is 0.401 e. The molecule has 0 spiro atoms. The minimum atomic E-state index is 0.132. The summed E-state index contributed by atoms with van der Waals surface area (Å²) in [7, 11) is 0. The monoisotopic (exact) mass is 413 g/mol. The van der Waals surface area contributed by atoms with Gasteiger partial charge in [-0.2, -0.15) is 5.26 Å². The molecule has 2 heterocycles. The summed E-state index contributed by atoms with van der Waals surface area (Å²) >= 11 is 0. The normalized spacial score (nSPS) is 23.9. The number of benzene rings is 1. The van der Waals surface area contributed by atoms with E-state index in [-0.39, 0.29) is 6.04 Å². The summed E-state index contributed by atoms with van der Waals surface area (Å²) in [5, 5.41) is 20.1. The molecule has 1 aliphatic carbocycles. The molecule has 0 radical (unpaired) electrons. The maximum absolute atomic E-state index is 9.44. The van der Waals surface area contributed by atoms with Crippen molar-refractivity contribution in [2.75, 3.05) is 19.6 Å². The first-order valence-electron chi connectivity index (χ1n) is 11.2. The average Bonchev–Trinajstić information content (AvgIpc) is 2.95. The fourth-order valence-corrected chi connectivity index (χ4v) is 4.45. The van der Waals surface area contributed by atoms with E-state index in [9.17, 15) is 5.26 Å². The second kappa shape index (κ2) is 9.72. The predicted octanol–water partition coefficient (Wildman–Crippen LogP) is 4.02. The summed E-state index contributed by atoms with van der Waals surface area (Å²) in [6, 6.07) is 9.18. The molecule has 2 aliphatic heterocycles. The second-order valence-electron chi connectivity index (χ2n) is 8.31. The summed E-state index contributed by atoms with van der Waals surface area (Å²) in [6.45, 7) is 4.72. The highest BCUT2D eigenvalue weighted by Crippen LogP contribution is 2.34. The van der Waals surface area contributed by atoms with Crippen LogP contribution >= 0.6 is 0 Å². The Morgan fingerprint density at radius 2 is 2.13 bits per heavy atom. The predicted molar refractivity (Wildman–Crippen MR) is 127 cm³/mol. The lowest BCUT2D eigenvalue weighted by Crippen LogP contribution is -2.23. The van der Waals surface area contributed by atoms with E-state index < -0.39 is 0 Å². The highest BCUT2D eigenvalue weighted by Gasteiger charge is 2.23. The first-order chi connectivity index (χ1) is 15.2. The zero-order chi connectivity index (χ0) is 21.6. The van der Waals surface area contributed by atoms with Crippen LogP contribution in [0.5, 0.6) is 0 Å². The Kier molecular flexibility index (Phi) is 6.59. The third kappa shape index (κ3) is 4.92. The number of nitrogens with one attached hydrogen (secondary N) is 3. The van der Waals surface area contributed by atoms with Crippen molar-refractivity contribution in [1.29, 1.82) is 5.26 Å². The molecule has 0 amide bonds. The van der Waals surface area contributed by atoms with Gasteiger partial charge < -0.3 is 21.7 Å². The standard InChI is InChI=1S/C26H31N5/c1-18(28)26-23-8-7-21(20-9-12-29-13-10-20)16-24(23)25(11-14-30-26)31-22-6-4-2-3-5-19(15-22)17-27/h3,5-9,15-16,25,29-31H,2,4,10-14,28H2,1H3/b5-3+,19-15?,22-6?,26-18-. The minimum Gasteiger partial charge on any atom is -0.401 e. The smallest absolute Gasteiger partial charge is 0.0992 e. The number of hydrogen-bond acceptors (Lipinski definition) is 5. The quantitative estimate of drug-likeness (QED) is 0.601. The molecule has 3 aliphatic rings. The van der Waals surface area contributed by atoms with Gasteiger partial charge in [0.25, 0.3) is 0 Å². The summed E-state index contributed by atoms with van der Waals surface area (Å²) in [5.74, 6) is 0. The molecule has 1 aromatic rings. The molecule has 5 nitrogen and oxygen atoms in total. The molecular weight excluding hydrogens is 382 g/mol. The fourth-order valence-electron chi connectivity index (χ4n) is 4.45. The lowest BCUT2D eigenvalue weighted by molar-refractivity contribution is 0.558. The highest BCUT2D eigenvalue weighted by atomic mass is 15.0. The summed E-state index contributed by atoms with van der Waals surface area (Å²) in [6.07, 6.45) is 14.3. The van der Waals surface area contributed by atoms with Crippen LogP contribution in [0.1, 0.15) is 55.3 Å². The molecule has 5 heteroatoms. The van der Waals surface area contributed by atoms with Crippen LogP contribution in [0.25, 0.3) is 11.3 Å². The average molecular weight is 414 g/mol. The van der Waals surface area contributed by atoms with Gasteiger partial charge in [0.1, 0.15) is 0 Å². The van der Waals surface area contributed by atoms with E-state index in [4.69, 9.17) is 5.73 Å². The van der Waals surface area contributed by atoms with Crippen molar-refractivity contribution in [3.63, 3.8) is 0 Å². The topological polar surface area (TPSA) is 85.9 Å². The number of nitriles is 1. The number of hydrogen-bond donors (Lipinski definition) is 4. The van der Waals surface area contributed by atoms with Gasteiger partial charge >= 0.3 is 0 Å². The molecule has 1 unspecified atom stereocenters. The number of allylic oxidation sites excluding steroid dienone is 6. The SMILES string of the molecule is C/C(N)=C1/NCCC(NC2=CCC/C=C/C(C#N)=C2)c2cc(C3=CCNCC3)ccc21. The van der Waals surface area contributed by atoms with Crippen molar-refractivity contribution in [3.8, 4) is 6.07 Å². The van der Waals surface area contributed by atoms with Crippen molar-refractivity contribution in [3.05, 3.63) is 82.2 Å².